The molecule has 76 valence electrons. The van der Waals surface area contributed by atoms with E-state index in [-0.39, 0.29) is 0 Å². The van der Waals surface area contributed by atoms with Gasteiger partial charge in [0, 0.05) is 11.6 Å². The normalized spacial score (nSPS) is 9.93. The molecule has 0 N–H and O–H groups in total. The third kappa shape index (κ3) is 1.99. The summed E-state index contributed by atoms with van der Waals surface area (Å²) in [6.07, 6.45) is 1.58. The fraction of sp³-hybridized carbons (Fsp3) is 0.111. The largest absolute Gasteiger partial charge is 0.464 e. The van der Waals surface area contributed by atoms with E-state index in [1.54, 1.807) is 23.7 Å². The molecule has 0 aliphatic carbocycles. The van der Waals surface area contributed by atoms with Crippen molar-refractivity contribution in [2.75, 3.05) is 7.11 Å². The Bertz CT molecular complexity index is 469. The van der Waals surface area contributed by atoms with Crippen LogP contribution < -0.4 is 0 Å². The second-order valence-electron chi connectivity index (χ2n) is 2.64. The minimum absolute atomic E-state index is 0.295. The maximum atomic E-state index is 11.1. The van der Waals surface area contributed by atoms with Crippen LogP contribution in [0.3, 0.4) is 0 Å². The SMILES string of the molecule is COC(=O)c1csc(-c2cccnn2)n1. The summed E-state index contributed by atoms with van der Waals surface area (Å²) in [6, 6.07) is 3.55. The van der Waals surface area contributed by atoms with E-state index >= 15 is 0 Å². The fourth-order valence-corrected chi connectivity index (χ4v) is 1.76. The van der Waals surface area contributed by atoms with Crippen molar-refractivity contribution >= 4 is 17.3 Å². The van der Waals surface area contributed by atoms with Crippen LogP contribution >= 0.6 is 11.3 Å². The lowest BCUT2D eigenvalue weighted by Gasteiger charge is -1.92. The van der Waals surface area contributed by atoms with Crippen molar-refractivity contribution in [2.24, 2.45) is 0 Å². The number of esters is 1. The van der Waals surface area contributed by atoms with E-state index < -0.39 is 5.97 Å². The Morgan fingerprint density at radius 1 is 1.53 bits per heavy atom. The topological polar surface area (TPSA) is 65.0 Å². The van der Waals surface area contributed by atoms with Gasteiger partial charge in [0.1, 0.15) is 10.7 Å². The van der Waals surface area contributed by atoms with E-state index in [0.29, 0.717) is 16.4 Å². The smallest absolute Gasteiger partial charge is 0.357 e. The molecule has 0 aliphatic heterocycles. The molecule has 2 aromatic rings. The van der Waals surface area contributed by atoms with Crippen LogP contribution in [0, 0.1) is 0 Å². The molecule has 0 aromatic carbocycles. The van der Waals surface area contributed by atoms with Gasteiger partial charge in [-0.1, -0.05) is 0 Å². The van der Waals surface area contributed by atoms with E-state index in [9.17, 15) is 4.79 Å². The monoisotopic (exact) mass is 221 g/mol. The van der Waals surface area contributed by atoms with Crippen LogP contribution in [0.4, 0.5) is 0 Å². The van der Waals surface area contributed by atoms with Crippen LogP contribution in [-0.2, 0) is 4.74 Å². The Morgan fingerprint density at radius 2 is 2.40 bits per heavy atom. The highest BCUT2D eigenvalue weighted by molar-refractivity contribution is 7.13. The van der Waals surface area contributed by atoms with Gasteiger partial charge in [-0.2, -0.15) is 5.10 Å². The first-order valence-electron chi connectivity index (χ1n) is 4.13. The molecule has 5 nitrogen and oxygen atoms in total. The first kappa shape index (κ1) is 9.72. The third-order valence-electron chi connectivity index (χ3n) is 1.69. The molecule has 0 atom stereocenters. The summed E-state index contributed by atoms with van der Waals surface area (Å²) in [5.74, 6) is -0.443. The lowest BCUT2D eigenvalue weighted by Crippen LogP contribution is -2.01. The molecule has 0 aliphatic rings. The van der Waals surface area contributed by atoms with Crippen molar-refractivity contribution in [1.29, 1.82) is 0 Å². The quantitative estimate of drug-likeness (QED) is 0.717. The fourth-order valence-electron chi connectivity index (χ4n) is 1.01. The number of aromatic nitrogens is 3. The van der Waals surface area contributed by atoms with Gasteiger partial charge in [0.15, 0.2) is 5.69 Å². The van der Waals surface area contributed by atoms with Crippen LogP contribution in [0.5, 0.6) is 0 Å². The molecule has 15 heavy (non-hydrogen) atoms. The van der Waals surface area contributed by atoms with Crippen molar-refractivity contribution in [1.82, 2.24) is 15.2 Å². The Morgan fingerprint density at radius 3 is 3.07 bits per heavy atom. The molecule has 0 spiro atoms. The molecule has 2 rings (SSSR count). The zero-order chi connectivity index (χ0) is 10.7. The number of carbonyl (C=O) groups is 1. The van der Waals surface area contributed by atoms with Gasteiger partial charge in [-0.25, -0.2) is 9.78 Å². The minimum Gasteiger partial charge on any atom is -0.464 e. The number of hydrogen-bond acceptors (Lipinski definition) is 6. The molecular weight excluding hydrogens is 214 g/mol. The number of carbonyl (C=O) groups excluding carboxylic acids is 1. The van der Waals surface area contributed by atoms with Gasteiger partial charge in [0.25, 0.3) is 0 Å². The first-order valence-corrected chi connectivity index (χ1v) is 5.01. The van der Waals surface area contributed by atoms with Gasteiger partial charge < -0.3 is 4.74 Å². The number of methoxy groups -OCH3 is 1. The Balaban J connectivity index is 2.32. The number of thiazole rings is 1. The van der Waals surface area contributed by atoms with Crippen LogP contribution in [-0.4, -0.2) is 28.3 Å². The highest BCUT2D eigenvalue weighted by atomic mass is 32.1. The van der Waals surface area contributed by atoms with Gasteiger partial charge in [-0.15, -0.1) is 16.4 Å². The van der Waals surface area contributed by atoms with Crippen molar-refractivity contribution < 1.29 is 9.53 Å². The predicted octanol–water partition coefficient (Wildman–Crippen LogP) is 1.39. The maximum Gasteiger partial charge on any atom is 0.357 e. The summed E-state index contributed by atoms with van der Waals surface area (Å²) >= 11 is 1.33. The Kier molecular flexibility index (Phi) is 2.68. The molecule has 0 unspecified atom stereocenters. The van der Waals surface area contributed by atoms with Gasteiger partial charge >= 0.3 is 5.97 Å². The van der Waals surface area contributed by atoms with Crippen molar-refractivity contribution in [2.45, 2.75) is 0 Å². The molecule has 0 fully saturated rings. The molecule has 0 bridgehead atoms. The van der Waals surface area contributed by atoms with Crippen molar-refractivity contribution in [3.8, 4) is 10.7 Å². The summed E-state index contributed by atoms with van der Waals surface area (Å²) in [7, 11) is 1.32. The van der Waals surface area contributed by atoms with Gasteiger partial charge in [-0.05, 0) is 12.1 Å². The highest BCUT2D eigenvalue weighted by Gasteiger charge is 2.12. The second kappa shape index (κ2) is 4.14. The van der Waals surface area contributed by atoms with E-state index in [1.165, 1.54) is 18.4 Å². The van der Waals surface area contributed by atoms with Crippen molar-refractivity contribution in [3.05, 3.63) is 29.4 Å². The second-order valence-corrected chi connectivity index (χ2v) is 3.50. The highest BCUT2D eigenvalue weighted by Crippen LogP contribution is 2.20. The van der Waals surface area contributed by atoms with E-state index in [1.807, 2.05) is 0 Å². The number of ether oxygens (including phenoxy) is 1. The number of hydrogen-bond donors (Lipinski definition) is 0. The molecule has 2 aromatic heterocycles. The summed E-state index contributed by atoms with van der Waals surface area (Å²) in [5, 5.41) is 9.92. The summed E-state index contributed by atoms with van der Waals surface area (Å²) in [5.41, 5.74) is 0.945. The summed E-state index contributed by atoms with van der Waals surface area (Å²) in [4.78, 5) is 15.2. The summed E-state index contributed by atoms with van der Waals surface area (Å²) in [6.45, 7) is 0. The molecule has 2 heterocycles. The molecule has 0 saturated carbocycles. The van der Waals surface area contributed by atoms with Crippen LogP contribution in [0.1, 0.15) is 10.5 Å². The van der Waals surface area contributed by atoms with E-state index in [0.717, 1.165) is 0 Å². The number of nitrogens with zero attached hydrogens (tertiary/aromatic N) is 3. The van der Waals surface area contributed by atoms with Crippen molar-refractivity contribution in [3.63, 3.8) is 0 Å². The third-order valence-corrected chi connectivity index (χ3v) is 2.55. The molecule has 0 saturated heterocycles. The Hall–Kier alpha value is -1.82. The standard InChI is InChI=1S/C9H7N3O2S/c1-14-9(13)7-5-15-8(11-7)6-3-2-4-10-12-6/h2-5H,1H3. The Labute approximate surface area is 89.8 Å². The zero-order valence-electron chi connectivity index (χ0n) is 7.88. The molecular formula is C9H7N3O2S. The zero-order valence-corrected chi connectivity index (χ0v) is 8.69. The first-order chi connectivity index (χ1) is 7.31. The van der Waals surface area contributed by atoms with Gasteiger partial charge in [0.2, 0.25) is 0 Å². The molecule has 6 heteroatoms. The minimum atomic E-state index is -0.443. The predicted molar refractivity (Wildman–Crippen MR) is 54.5 cm³/mol. The molecule has 0 amide bonds. The average Bonchev–Trinajstić information content (AvgIpc) is 2.78. The lowest BCUT2D eigenvalue weighted by molar-refractivity contribution is 0.0595. The van der Waals surface area contributed by atoms with E-state index in [4.69, 9.17) is 0 Å². The van der Waals surface area contributed by atoms with E-state index in [2.05, 4.69) is 19.9 Å². The number of rotatable bonds is 2. The van der Waals surface area contributed by atoms with Gasteiger partial charge in [-0.3, -0.25) is 0 Å². The summed E-state index contributed by atoms with van der Waals surface area (Å²) < 4.78 is 4.55. The maximum absolute atomic E-state index is 11.1. The van der Waals surface area contributed by atoms with Gasteiger partial charge in [0.05, 0.1) is 7.11 Å². The van der Waals surface area contributed by atoms with Crippen LogP contribution in [0.25, 0.3) is 10.7 Å². The lowest BCUT2D eigenvalue weighted by atomic mass is 10.4. The van der Waals surface area contributed by atoms with Crippen LogP contribution in [0.2, 0.25) is 0 Å². The molecule has 0 radical (unpaired) electrons. The van der Waals surface area contributed by atoms with Crippen LogP contribution in [0.15, 0.2) is 23.7 Å². The average molecular weight is 221 g/mol.